The van der Waals surface area contributed by atoms with Crippen LogP contribution >= 0.6 is 0 Å². The smallest absolute Gasteiger partial charge is 0.238 e. The fourth-order valence-corrected chi connectivity index (χ4v) is 4.76. The summed E-state index contributed by atoms with van der Waals surface area (Å²) in [7, 11) is 0. The molecule has 2 aliphatic rings. The Hall–Kier alpha value is -3.76. The number of fused-ring (bicyclic) bond motifs is 1. The molecule has 1 aromatic heterocycles. The molecule has 15 heteroatoms. The number of ether oxygens (including phenoxy) is 1. The van der Waals surface area contributed by atoms with Gasteiger partial charge in [-0.05, 0) is 12.0 Å². The standard InChI is InChI=1S/C26H39N9O6/c1-2-18(37)32-35-15-34(25-22(40)21(39)17(14-36)41-25)24-20(35)23(28)30-26(31-24)33(13-9-19(38)29-11-10-27)12-8-16-6-4-3-5-7-16/h3-7,17,21-22,25,36,39-40H,2,8-15,27H2,1H3,(H,29,38)(H,32,37)(H2,28,30,31)/t17-,21?,22?,25-/m1/s1. The first kappa shape index (κ1) is 30.2. The van der Waals surface area contributed by atoms with Crippen LogP contribution in [0, 0.1) is 0 Å². The minimum atomic E-state index is -1.37. The number of nitrogens with zero attached hydrogens (tertiary/aromatic N) is 5. The van der Waals surface area contributed by atoms with Crippen LogP contribution in [0.3, 0.4) is 0 Å². The first-order valence-corrected chi connectivity index (χ1v) is 13.7. The zero-order valence-corrected chi connectivity index (χ0v) is 23.0. The van der Waals surface area contributed by atoms with E-state index in [2.05, 4.69) is 15.7 Å². The molecule has 41 heavy (non-hydrogen) atoms. The summed E-state index contributed by atoms with van der Waals surface area (Å²) in [5.41, 5.74) is 16.1. The molecule has 4 atom stereocenters. The van der Waals surface area contributed by atoms with Gasteiger partial charge in [-0.15, -0.1) is 0 Å². The largest absolute Gasteiger partial charge is 0.394 e. The zero-order valence-electron chi connectivity index (χ0n) is 23.0. The van der Waals surface area contributed by atoms with Gasteiger partial charge in [0, 0.05) is 39.0 Å². The molecule has 2 aliphatic heterocycles. The Bertz CT molecular complexity index is 1190. The molecule has 224 valence electrons. The van der Waals surface area contributed by atoms with Crippen molar-refractivity contribution in [1.29, 1.82) is 0 Å². The third kappa shape index (κ3) is 6.94. The first-order valence-electron chi connectivity index (χ1n) is 13.7. The number of carbonyl (C=O) groups excluding carboxylic acids is 2. The van der Waals surface area contributed by atoms with E-state index in [1.165, 1.54) is 5.01 Å². The van der Waals surface area contributed by atoms with Crippen molar-refractivity contribution >= 4 is 35.1 Å². The maximum Gasteiger partial charge on any atom is 0.238 e. The third-order valence-electron chi connectivity index (χ3n) is 6.99. The Balaban J connectivity index is 1.68. The van der Waals surface area contributed by atoms with Gasteiger partial charge in [-0.1, -0.05) is 37.3 Å². The highest BCUT2D eigenvalue weighted by Gasteiger charge is 2.49. The second-order valence-electron chi connectivity index (χ2n) is 9.85. The first-order chi connectivity index (χ1) is 19.8. The second-order valence-corrected chi connectivity index (χ2v) is 9.85. The van der Waals surface area contributed by atoms with E-state index in [4.69, 9.17) is 21.2 Å². The van der Waals surface area contributed by atoms with E-state index in [9.17, 15) is 24.9 Å². The number of carbonyl (C=O) groups is 2. The van der Waals surface area contributed by atoms with E-state index in [0.717, 1.165) is 5.56 Å². The van der Waals surface area contributed by atoms with Crippen molar-refractivity contribution in [3.8, 4) is 0 Å². The molecular weight excluding hydrogens is 534 g/mol. The number of hydrogen-bond donors (Lipinski definition) is 7. The SMILES string of the molecule is CCC(=O)NN1CN([C@@H]2O[C@H](CO)C(O)C2O)c2nc(N(CCC(=O)NCCN)CCc3ccccc3)nc(N)c21. The van der Waals surface area contributed by atoms with Crippen molar-refractivity contribution in [2.45, 2.75) is 50.7 Å². The number of amides is 2. The molecule has 0 saturated carbocycles. The molecule has 1 saturated heterocycles. The van der Waals surface area contributed by atoms with Gasteiger partial charge in [0.25, 0.3) is 0 Å². The molecule has 0 bridgehead atoms. The summed E-state index contributed by atoms with van der Waals surface area (Å²) < 4.78 is 5.78. The number of hydrogen-bond acceptors (Lipinski definition) is 13. The van der Waals surface area contributed by atoms with Crippen molar-refractivity contribution in [3.05, 3.63) is 35.9 Å². The Morgan fingerprint density at radius 1 is 1.15 bits per heavy atom. The van der Waals surface area contributed by atoms with E-state index in [1.807, 2.05) is 35.2 Å². The van der Waals surface area contributed by atoms with E-state index < -0.39 is 31.1 Å². The molecule has 0 spiro atoms. The van der Waals surface area contributed by atoms with Crippen molar-refractivity contribution in [2.24, 2.45) is 5.73 Å². The van der Waals surface area contributed by atoms with Gasteiger partial charge in [0.1, 0.15) is 30.7 Å². The van der Waals surface area contributed by atoms with Gasteiger partial charge < -0.3 is 46.6 Å². The summed E-state index contributed by atoms with van der Waals surface area (Å²) in [6.45, 7) is 2.64. The monoisotopic (exact) mass is 573 g/mol. The molecule has 9 N–H and O–H groups in total. The summed E-state index contributed by atoms with van der Waals surface area (Å²) in [6, 6.07) is 9.83. The van der Waals surface area contributed by atoms with E-state index in [0.29, 0.717) is 31.7 Å². The number of nitrogens with two attached hydrogens (primary N) is 2. The van der Waals surface area contributed by atoms with Crippen molar-refractivity contribution in [1.82, 2.24) is 20.7 Å². The van der Waals surface area contributed by atoms with Crippen molar-refractivity contribution in [3.63, 3.8) is 0 Å². The summed E-state index contributed by atoms with van der Waals surface area (Å²) >= 11 is 0. The van der Waals surface area contributed by atoms with Crippen LogP contribution in [0.1, 0.15) is 25.3 Å². The van der Waals surface area contributed by atoms with Gasteiger partial charge in [-0.25, -0.2) is 0 Å². The van der Waals surface area contributed by atoms with Crippen LogP contribution in [0.25, 0.3) is 0 Å². The number of nitrogens with one attached hydrogen (secondary N) is 2. The number of aromatic nitrogens is 2. The van der Waals surface area contributed by atoms with Crippen molar-refractivity contribution < 1.29 is 29.6 Å². The molecule has 2 unspecified atom stereocenters. The average molecular weight is 574 g/mol. The van der Waals surface area contributed by atoms with Gasteiger partial charge in [0.15, 0.2) is 17.9 Å². The molecule has 15 nitrogen and oxygen atoms in total. The van der Waals surface area contributed by atoms with Crippen LogP contribution in [0.15, 0.2) is 30.3 Å². The van der Waals surface area contributed by atoms with Crippen LogP contribution in [0.2, 0.25) is 0 Å². The lowest BCUT2D eigenvalue weighted by Gasteiger charge is -2.28. The van der Waals surface area contributed by atoms with E-state index in [1.54, 1.807) is 11.8 Å². The topological polar surface area (TPSA) is 216 Å². The Kier molecular flexibility index (Phi) is 10.1. The fraction of sp³-hybridized carbons (Fsp3) is 0.538. The van der Waals surface area contributed by atoms with Gasteiger partial charge in [0.2, 0.25) is 17.8 Å². The average Bonchev–Trinajstić information content (AvgIpc) is 3.48. The van der Waals surface area contributed by atoms with E-state index in [-0.39, 0.29) is 55.5 Å². The normalized spacial score (nSPS) is 21.6. The predicted octanol–water partition coefficient (Wildman–Crippen LogP) is -1.96. The summed E-state index contributed by atoms with van der Waals surface area (Å²) in [6.07, 6.45) is -3.80. The number of benzene rings is 1. The Morgan fingerprint density at radius 2 is 1.90 bits per heavy atom. The molecule has 0 radical (unpaired) electrons. The van der Waals surface area contributed by atoms with Crippen LogP contribution in [-0.4, -0.2) is 101 Å². The Morgan fingerprint density at radius 3 is 2.56 bits per heavy atom. The molecule has 1 fully saturated rings. The van der Waals surface area contributed by atoms with E-state index >= 15 is 0 Å². The van der Waals surface area contributed by atoms with Gasteiger partial charge >= 0.3 is 0 Å². The lowest BCUT2D eigenvalue weighted by molar-refractivity contribution is -0.121. The maximum atomic E-state index is 12.4. The lowest BCUT2D eigenvalue weighted by atomic mass is 10.1. The molecule has 2 amide bonds. The van der Waals surface area contributed by atoms with Crippen LogP contribution in [-0.2, 0) is 20.7 Å². The highest BCUT2D eigenvalue weighted by Crippen LogP contribution is 2.42. The van der Waals surface area contributed by atoms with Crippen LogP contribution < -0.4 is 37.0 Å². The summed E-state index contributed by atoms with van der Waals surface area (Å²) in [4.78, 5) is 37.4. The minimum Gasteiger partial charge on any atom is -0.394 e. The minimum absolute atomic E-state index is 0.0124. The van der Waals surface area contributed by atoms with Crippen LogP contribution in [0.4, 0.5) is 23.3 Å². The van der Waals surface area contributed by atoms with Gasteiger partial charge in [-0.3, -0.25) is 20.0 Å². The number of rotatable bonds is 13. The van der Waals surface area contributed by atoms with Crippen LogP contribution in [0.5, 0.6) is 0 Å². The number of aliphatic hydroxyl groups is 3. The molecule has 2 aromatic rings. The molecule has 4 rings (SSSR count). The molecule has 0 aliphatic carbocycles. The van der Waals surface area contributed by atoms with Crippen molar-refractivity contribution in [2.75, 3.05) is 60.0 Å². The second kappa shape index (κ2) is 13.7. The highest BCUT2D eigenvalue weighted by molar-refractivity contribution is 5.87. The number of nitrogen functional groups attached to an aromatic ring is 1. The highest BCUT2D eigenvalue weighted by atomic mass is 16.6. The molecule has 1 aromatic carbocycles. The number of aliphatic hydroxyl groups excluding tert-OH is 3. The third-order valence-corrected chi connectivity index (χ3v) is 6.99. The van der Waals surface area contributed by atoms with Gasteiger partial charge in [0.05, 0.1) is 6.61 Å². The van der Waals surface area contributed by atoms with Gasteiger partial charge in [-0.2, -0.15) is 9.97 Å². The Labute approximate surface area is 238 Å². The lowest BCUT2D eigenvalue weighted by Crippen LogP contribution is -2.50. The zero-order chi connectivity index (χ0) is 29.5. The maximum absolute atomic E-state index is 12.4. The molecular formula is C26H39N9O6. The quantitative estimate of drug-likeness (QED) is 0.139. The molecule has 3 heterocycles. The predicted molar refractivity (Wildman–Crippen MR) is 152 cm³/mol. The summed E-state index contributed by atoms with van der Waals surface area (Å²) in [5, 5.41) is 35.0. The number of hydrazine groups is 1. The summed E-state index contributed by atoms with van der Waals surface area (Å²) in [5.74, 6) is 0.111. The fourth-order valence-electron chi connectivity index (χ4n) is 4.76. The number of anilines is 4.